The zero-order valence-corrected chi connectivity index (χ0v) is 10.8. The van der Waals surface area contributed by atoms with Gasteiger partial charge in [0.1, 0.15) is 0 Å². The number of rotatable bonds is 7. The van der Waals surface area contributed by atoms with Crippen molar-refractivity contribution in [2.24, 2.45) is 5.73 Å². The Morgan fingerprint density at radius 2 is 1.94 bits per heavy atom. The van der Waals surface area contributed by atoms with E-state index in [9.17, 15) is 5.11 Å². The first-order valence-corrected chi connectivity index (χ1v) is 6.06. The number of ether oxygens (including phenoxy) is 1. The zero-order valence-electron chi connectivity index (χ0n) is 10.8. The van der Waals surface area contributed by atoms with Gasteiger partial charge in [-0.05, 0) is 31.9 Å². The largest absolute Gasteiger partial charge is 0.387 e. The molecule has 1 rings (SSSR count). The van der Waals surface area contributed by atoms with Crippen molar-refractivity contribution in [3.05, 3.63) is 35.4 Å². The summed E-state index contributed by atoms with van der Waals surface area (Å²) in [6.07, 6.45) is 2.10. The molecule has 1 aromatic carbocycles. The Bertz CT molecular complexity index is 323. The summed E-state index contributed by atoms with van der Waals surface area (Å²) in [6.45, 7) is 3.00. The summed E-state index contributed by atoms with van der Waals surface area (Å²) in [6, 6.07) is 8.23. The normalized spacial score (nSPS) is 14.6. The monoisotopic (exact) mass is 237 g/mol. The van der Waals surface area contributed by atoms with E-state index in [2.05, 4.69) is 31.2 Å². The Hall–Kier alpha value is -0.900. The van der Waals surface area contributed by atoms with Gasteiger partial charge in [0.15, 0.2) is 0 Å². The second-order valence-electron chi connectivity index (χ2n) is 4.71. The minimum atomic E-state index is -0.802. The Morgan fingerprint density at radius 1 is 1.29 bits per heavy atom. The number of benzene rings is 1. The van der Waals surface area contributed by atoms with Gasteiger partial charge in [-0.3, -0.25) is 0 Å². The van der Waals surface area contributed by atoms with E-state index < -0.39 is 5.60 Å². The molecule has 0 saturated heterocycles. The van der Waals surface area contributed by atoms with E-state index in [-0.39, 0.29) is 0 Å². The Kier molecular flexibility index (Phi) is 5.62. The van der Waals surface area contributed by atoms with Crippen molar-refractivity contribution < 1.29 is 9.84 Å². The summed E-state index contributed by atoms with van der Waals surface area (Å²) in [5, 5.41) is 10.5. The van der Waals surface area contributed by atoms with Gasteiger partial charge in [-0.15, -0.1) is 0 Å². The lowest BCUT2D eigenvalue weighted by Gasteiger charge is -2.27. The molecule has 0 aromatic heterocycles. The number of aliphatic hydroxyl groups is 1. The van der Waals surface area contributed by atoms with Gasteiger partial charge in [-0.25, -0.2) is 0 Å². The van der Waals surface area contributed by atoms with Gasteiger partial charge in [0.2, 0.25) is 0 Å². The molecule has 0 bridgehead atoms. The summed E-state index contributed by atoms with van der Waals surface area (Å²) in [5.41, 5.74) is 7.05. The van der Waals surface area contributed by atoms with Crippen molar-refractivity contribution in [2.45, 2.75) is 31.8 Å². The molecule has 0 radical (unpaired) electrons. The number of hydrogen-bond acceptors (Lipinski definition) is 3. The van der Waals surface area contributed by atoms with Crippen LogP contribution in [0.1, 0.15) is 24.0 Å². The first-order valence-electron chi connectivity index (χ1n) is 6.06. The van der Waals surface area contributed by atoms with E-state index in [0.717, 1.165) is 12.0 Å². The van der Waals surface area contributed by atoms with Crippen LogP contribution < -0.4 is 5.73 Å². The fraction of sp³-hybridized carbons (Fsp3) is 0.571. The molecule has 0 heterocycles. The number of nitrogens with two attached hydrogens (primary N) is 1. The smallest absolute Gasteiger partial charge is 0.0920 e. The first-order chi connectivity index (χ1) is 8.09. The van der Waals surface area contributed by atoms with Crippen molar-refractivity contribution in [2.75, 3.05) is 20.3 Å². The molecule has 0 amide bonds. The highest BCUT2D eigenvalue weighted by Gasteiger charge is 2.26. The molecule has 0 saturated carbocycles. The van der Waals surface area contributed by atoms with Crippen LogP contribution in [0.3, 0.4) is 0 Å². The molecular formula is C14H23NO2. The van der Waals surface area contributed by atoms with Crippen LogP contribution in [-0.2, 0) is 11.2 Å². The fourth-order valence-corrected chi connectivity index (χ4v) is 2.00. The predicted molar refractivity (Wildman–Crippen MR) is 70.0 cm³/mol. The molecule has 3 nitrogen and oxygen atoms in total. The second-order valence-corrected chi connectivity index (χ2v) is 4.71. The Labute approximate surface area is 104 Å². The van der Waals surface area contributed by atoms with Crippen LogP contribution in [0, 0.1) is 6.92 Å². The Balaban J connectivity index is 2.67. The molecule has 0 aliphatic carbocycles. The van der Waals surface area contributed by atoms with Gasteiger partial charge in [0.05, 0.1) is 12.2 Å². The molecule has 0 fully saturated rings. The van der Waals surface area contributed by atoms with E-state index in [1.807, 2.05) is 0 Å². The topological polar surface area (TPSA) is 55.5 Å². The molecule has 1 aromatic rings. The molecule has 0 spiro atoms. The average molecular weight is 237 g/mol. The lowest BCUT2D eigenvalue weighted by atomic mass is 9.90. The van der Waals surface area contributed by atoms with Gasteiger partial charge in [0, 0.05) is 13.5 Å². The van der Waals surface area contributed by atoms with Crippen molar-refractivity contribution in [1.29, 1.82) is 0 Å². The third kappa shape index (κ3) is 4.86. The highest BCUT2D eigenvalue weighted by molar-refractivity contribution is 5.22. The fourth-order valence-electron chi connectivity index (χ4n) is 2.00. The third-order valence-corrected chi connectivity index (χ3v) is 2.91. The van der Waals surface area contributed by atoms with Gasteiger partial charge in [-0.1, -0.05) is 29.8 Å². The van der Waals surface area contributed by atoms with Crippen LogP contribution in [0.2, 0.25) is 0 Å². The highest BCUT2D eigenvalue weighted by Crippen LogP contribution is 2.20. The number of methoxy groups -OCH3 is 1. The van der Waals surface area contributed by atoms with Crippen molar-refractivity contribution in [1.82, 2.24) is 0 Å². The molecule has 3 heteroatoms. The van der Waals surface area contributed by atoms with E-state index in [1.165, 1.54) is 5.56 Å². The molecule has 96 valence electrons. The predicted octanol–water partition coefficient (Wildman–Crippen LogP) is 1.65. The van der Waals surface area contributed by atoms with Crippen molar-refractivity contribution in [3.8, 4) is 0 Å². The molecular weight excluding hydrogens is 214 g/mol. The maximum atomic E-state index is 10.5. The molecule has 17 heavy (non-hydrogen) atoms. The van der Waals surface area contributed by atoms with E-state index in [4.69, 9.17) is 10.5 Å². The highest BCUT2D eigenvalue weighted by atomic mass is 16.5. The van der Waals surface area contributed by atoms with E-state index in [1.54, 1.807) is 7.11 Å². The van der Waals surface area contributed by atoms with Crippen LogP contribution >= 0.6 is 0 Å². The minimum Gasteiger partial charge on any atom is -0.387 e. The second kappa shape index (κ2) is 6.74. The SMILES string of the molecule is COCC(O)(CCCN)Cc1ccc(C)cc1. The number of hydrogen-bond donors (Lipinski definition) is 2. The summed E-state index contributed by atoms with van der Waals surface area (Å²) in [7, 11) is 1.61. The summed E-state index contributed by atoms with van der Waals surface area (Å²) in [4.78, 5) is 0. The van der Waals surface area contributed by atoms with Crippen molar-refractivity contribution >= 4 is 0 Å². The van der Waals surface area contributed by atoms with Crippen LogP contribution in [-0.4, -0.2) is 31.0 Å². The maximum absolute atomic E-state index is 10.5. The molecule has 0 aliphatic rings. The Morgan fingerprint density at radius 3 is 2.47 bits per heavy atom. The minimum absolute atomic E-state index is 0.348. The zero-order chi connectivity index (χ0) is 12.7. The molecule has 1 atom stereocenters. The van der Waals surface area contributed by atoms with Gasteiger partial charge in [0.25, 0.3) is 0 Å². The van der Waals surface area contributed by atoms with Crippen molar-refractivity contribution in [3.63, 3.8) is 0 Å². The van der Waals surface area contributed by atoms with Gasteiger partial charge >= 0.3 is 0 Å². The number of aryl methyl sites for hydroxylation is 1. The van der Waals surface area contributed by atoms with E-state index in [0.29, 0.717) is 26.0 Å². The standard InChI is InChI=1S/C14H23NO2/c1-12-4-6-13(7-5-12)10-14(16,11-17-2)8-3-9-15/h4-7,16H,3,8-11,15H2,1-2H3. The van der Waals surface area contributed by atoms with Gasteiger partial charge < -0.3 is 15.6 Å². The van der Waals surface area contributed by atoms with Crippen LogP contribution in [0.25, 0.3) is 0 Å². The van der Waals surface area contributed by atoms with Crippen LogP contribution in [0.5, 0.6) is 0 Å². The molecule has 3 N–H and O–H groups in total. The summed E-state index contributed by atoms with van der Waals surface area (Å²) < 4.78 is 5.11. The summed E-state index contributed by atoms with van der Waals surface area (Å²) >= 11 is 0. The lowest BCUT2D eigenvalue weighted by molar-refractivity contribution is -0.0375. The average Bonchev–Trinajstić information content (AvgIpc) is 2.30. The maximum Gasteiger partial charge on any atom is 0.0920 e. The lowest BCUT2D eigenvalue weighted by Crippen LogP contribution is -2.37. The van der Waals surface area contributed by atoms with Gasteiger partial charge in [-0.2, -0.15) is 0 Å². The first kappa shape index (κ1) is 14.2. The third-order valence-electron chi connectivity index (χ3n) is 2.91. The summed E-state index contributed by atoms with van der Waals surface area (Å²) in [5.74, 6) is 0. The quantitative estimate of drug-likeness (QED) is 0.758. The molecule has 0 aliphatic heterocycles. The van der Waals surface area contributed by atoms with Crippen LogP contribution in [0.15, 0.2) is 24.3 Å². The molecule has 1 unspecified atom stereocenters. The van der Waals surface area contributed by atoms with Crippen LogP contribution in [0.4, 0.5) is 0 Å². The van der Waals surface area contributed by atoms with E-state index >= 15 is 0 Å².